The lowest BCUT2D eigenvalue weighted by atomic mass is 10.0. The van der Waals surface area contributed by atoms with Crippen molar-refractivity contribution < 1.29 is 8.95 Å². The van der Waals surface area contributed by atoms with E-state index in [9.17, 15) is 4.21 Å². The Labute approximate surface area is 173 Å². The first-order valence-corrected chi connectivity index (χ1v) is 11.6. The maximum atomic E-state index is 11.7. The molecule has 0 bridgehead atoms. The summed E-state index contributed by atoms with van der Waals surface area (Å²) in [5.41, 5.74) is 4.73. The molecule has 0 atom stereocenters. The smallest absolute Gasteiger partial charge is 0.152 e. The van der Waals surface area contributed by atoms with E-state index < -0.39 is 10.8 Å². The zero-order valence-corrected chi connectivity index (χ0v) is 17.2. The first-order valence-electron chi connectivity index (χ1n) is 10.1. The number of fused-ring (bicyclic) bond motifs is 3. The van der Waals surface area contributed by atoms with Crippen molar-refractivity contribution in [3.05, 3.63) is 71.4 Å². The summed E-state index contributed by atoms with van der Waals surface area (Å²) in [4.78, 5) is 9.38. The Kier molecular flexibility index (Phi) is 5.31. The predicted molar refractivity (Wildman–Crippen MR) is 116 cm³/mol. The summed E-state index contributed by atoms with van der Waals surface area (Å²) < 4.78 is 17.9. The highest BCUT2D eigenvalue weighted by atomic mass is 32.2. The lowest BCUT2D eigenvalue weighted by molar-refractivity contribution is 0.0900. The van der Waals surface area contributed by atoms with E-state index in [1.54, 1.807) is 0 Å². The molecule has 0 unspecified atom stereocenters. The summed E-state index contributed by atoms with van der Waals surface area (Å²) in [5, 5.41) is 1.16. The Morgan fingerprint density at radius 3 is 2.66 bits per heavy atom. The molecular formula is C23H25N3O2S. The molecule has 5 nitrogen and oxygen atoms in total. The highest BCUT2D eigenvalue weighted by Crippen LogP contribution is 2.35. The fraction of sp³-hybridized carbons (Fsp3) is 0.348. The van der Waals surface area contributed by atoms with Gasteiger partial charge in [0, 0.05) is 72.2 Å². The maximum Gasteiger partial charge on any atom is 0.152 e. The van der Waals surface area contributed by atoms with E-state index in [0.717, 1.165) is 60.9 Å². The van der Waals surface area contributed by atoms with Crippen LogP contribution < -0.4 is 4.74 Å². The van der Waals surface area contributed by atoms with Gasteiger partial charge in [-0.25, -0.2) is 0 Å². The van der Waals surface area contributed by atoms with Gasteiger partial charge >= 0.3 is 0 Å². The highest BCUT2D eigenvalue weighted by molar-refractivity contribution is 7.85. The van der Waals surface area contributed by atoms with Gasteiger partial charge in [-0.1, -0.05) is 36.4 Å². The van der Waals surface area contributed by atoms with E-state index in [1.165, 1.54) is 16.7 Å². The zero-order chi connectivity index (χ0) is 19.6. The van der Waals surface area contributed by atoms with Crippen molar-refractivity contribution in [2.24, 2.45) is 0 Å². The second-order valence-electron chi connectivity index (χ2n) is 7.79. The third-order valence-electron chi connectivity index (χ3n) is 5.71. The number of rotatable bonds is 4. The van der Waals surface area contributed by atoms with E-state index in [-0.39, 0.29) is 0 Å². The molecule has 3 aromatic rings. The summed E-state index contributed by atoms with van der Waals surface area (Å²) in [7, 11) is -0.653. The fourth-order valence-electron chi connectivity index (χ4n) is 4.22. The highest BCUT2D eigenvalue weighted by Gasteiger charge is 2.23. The maximum absolute atomic E-state index is 11.7. The first-order chi connectivity index (χ1) is 14.3. The molecule has 0 spiro atoms. The normalized spacial score (nSPS) is 18.5. The average Bonchev–Trinajstić information content (AvgIpc) is 2.76. The lowest BCUT2D eigenvalue weighted by Gasteiger charge is -2.31. The number of pyridine rings is 1. The van der Waals surface area contributed by atoms with Gasteiger partial charge in [-0.15, -0.1) is 0 Å². The van der Waals surface area contributed by atoms with Crippen LogP contribution in [0.2, 0.25) is 0 Å². The van der Waals surface area contributed by atoms with Crippen molar-refractivity contribution in [3.8, 4) is 5.75 Å². The van der Waals surface area contributed by atoms with Gasteiger partial charge in [0.15, 0.2) is 5.75 Å². The minimum absolute atomic E-state index is 0.574. The molecule has 2 aromatic carbocycles. The van der Waals surface area contributed by atoms with Gasteiger partial charge in [0.1, 0.15) is 12.2 Å². The number of hydrogen-bond donors (Lipinski definition) is 0. The second-order valence-corrected chi connectivity index (χ2v) is 9.49. The molecule has 5 rings (SSSR count). The Balaban J connectivity index is 1.44. The van der Waals surface area contributed by atoms with E-state index in [0.29, 0.717) is 6.73 Å². The van der Waals surface area contributed by atoms with Gasteiger partial charge in [0.25, 0.3) is 0 Å². The minimum atomic E-state index is -0.653. The van der Waals surface area contributed by atoms with Gasteiger partial charge in [-0.3, -0.25) is 19.0 Å². The third-order valence-corrected chi connectivity index (χ3v) is 6.98. The van der Waals surface area contributed by atoms with Crippen LogP contribution in [0.4, 0.5) is 0 Å². The lowest BCUT2D eigenvalue weighted by Crippen LogP contribution is -2.37. The summed E-state index contributed by atoms with van der Waals surface area (Å²) in [6.07, 6.45) is 1.84. The van der Waals surface area contributed by atoms with Crippen LogP contribution in [0.1, 0.15) is 16.7 Å². The van der Waals surface area contributed by atoms with E-state index in [1.807, 2.05) is 18.3 Å². The van der Waals surface area contributed by atoms with Gasteiger partial charge in [-0.2, -0.15) is 0 Å². The number of benzene rings is 2. The molecule has 0 N–H and O–H groups in total. The topological polar surface area (TPSA) is 45.7 Å². The fourth-order valence-corrected chi connectivity index (χ4v) is 5.35. The van der Waals surface area contributed by atoms with Crippen LogP contribution in [-0.2, 0) is 30.4 Å². The Morgan fingerprint density at radius 1 is 1.00 bits per heavy atom. The number of ether oxygens (including phenoxy) is 1. The summed E-state index contributed by atoms with van der Waals surface area (Å²) in [6, 6.07) is 16.9. The molecule has 0 aliphatic carbocycles. The summed E-state index contributed by atoms with van der Waals surface area (Å²) in [6.45, 7) is 4.95. The van der Waals surface area contributed by atoms with Crippen LogP contribution in [0.15, 0.2) is 54.7 Å². The number of aromatic nitrogens is 1. The molecule has 6 heteroatoms. The zero-order valence-electron chi connectivity index (χ0n) is 16.4. The minimum Gasteiger partial charge on any atom is -0.475 e. The molecular weight excluding hydrogens is 382 g/mol. The molecule has 29 heavy (non-hydrogen) atoms. The van der Waals surface area contributed by atoms with Crippen molar-refractivity contribution in [2.45, 2.75) is 19.6 Å². The summed E-state index contributed by atoms with van der Waals surface area (Å²) in [5.74, 6) is 2.47. The molecule has 0 radical (unpaired) electrons. The Bertz CT molecular complexity index is 1030. The first kappa shape index (κ1) is 18.7. The molecule has 1 saturated heterocycles. The largest absolute Gasteiger partial charge is 0.475 e. The van der Waals surface area contributed by atoms with Crippen molar-refractivity contribution in [1.29, 1.82) is 0 Å². The van der Waals surface area contributed by atoms with Crippen LogP contribution in [0.5, 0.6) is 5.75 Å². The number of nitrogens with zero attached hydrogens (tertiary/aromatic N) is 3. The molecule has 2 aliphatic heterocycles. The SMILES string of the molecule is O=S1CCN(Cc2cc3c(c4ncccc24)OCN(Cc2ccccc2)C3)CC1. The number of hydrogen-bond acceptors (Lipinski definition) is 5. The quantitative estimate of drug-likeness (QED) is 0.665. The van der Waals surface area contributed by atoms with Gasteiger partial charge < -0.3 is 4.74 Å². The molecule has 0 amide bonds. The van der Waals surface area contributed by atoms with Gasteiger partial charge in [0.2, 0.25) is 0 Å². The summed E-state index contributed by atoms with van der Waals surface area (Å²) >= 11 is 0. The van der Waals surface area contributed by atoms with Crippen LogP contribution in [0, 0.1) is 0 Å². The monoisotopic (exact) mass is 407 g/mol. The van der Waals surface area contributed by atoms with Crippen molar-refractivity contribution in [1.82, 2.24) is 14.8 Å². The van der Waals surface area contributed by atoms with E-state index in [2.05, 4.69) is 51.2 Å². The van der Waals surface area contributed by atoms with Crippen molar-refractivity contribution in [2.75, 3.05) is 31.3 Å². The third kappa shape index (κ3) is 4.06. The Hall–Kier alpha value is -2.28. The van der Waals surface area contributed by atoms with Gasteiger partial charge in [-0.05, 0) is 23.3 Å². The van der Waals surface area contributed by atoms with Crippen LogP contribution in [-0.4, -0.2) is 50.3 Å². The van der Waals surface area contributed by atoms with Crippen LogP contribution in [0.25, 0.3) is 10.9 Å². The van der Waals surface area contributed by atoms with Crippen LogP contribution in [0.3, 0.4) is 0 Å². The molecule has 1 aromatic heterocycles. The van der Waals surface area contributed by atoms with Gasteiger partial charge in [0.05, 0.1) is 0 Å². The molecule has 150 valence electrons. The van der Waals surface area contributed by atoms with Crippen molar-refractivity contribution >= 4 is 21.7 Å². The second kappa shape index (κ2) is 8.22. The average molecular weight is 408 g/mol. The Morgan fingerprint density at radius 2 is 1.83 bits per heavy atom. The van der Waals surface area contributed by atoms with Crippen LogP contribution >= 0.6 is 0 Å². The molecule has 1 fully saturated rings. The predicted octanol–water partition coefficient (Wildman–Crippen LogP) is 3.15. The van der Waals surface area contributed by atoms with E-state index in [4.69, 9.17) is 4.74 Å². The molecule has 0 saturated carbocycles. The van der Waals surface area contributed by atoms with Crippen molar-refractivity contribution in [3.63, 3.8) is 0 Å². The molecule has 3 heterocycles. The standard InChI is InChI=1S/C23H25N3O2S/c27-29-11-9-25(10-12-29)15-19-13-20-16-26(14-18-5-2-1-3-6-18)17-28-23(20)22-21(19)7-4-8-24-22/h1-8,13H,9-12,14-17H2. The van der Waals surface area contributed by atoms with E-state index >= 15 is 0 Å². The molecule has 2 aliphatic rings.